The third-order valence-corrected chi connectivity index (χ3v) is 4.79. The highest BCUT2D eigenvalue weighted by Gasteiger charge is 2.38. The second kappa shape index (κ2) is 6.11. The molecule has 3 aromatic rings. The molecule has 0 bridgehead atoms. The summed E-state index contributed by atoms with van der Waals surface area (Å²) in [6.45, 7) is 1.94. The van der Waals surface area contributed by atoms with Crippen LogP contribution >= 0.6 is 0 Å². The maximum atomic E-state index is 13.0. The van der Waals surface area contributed by atoms with E-state index in [1.54, 1.807) is 0 Å². The largest absolute Gasteiger partial charge is 0.394 e. The zero-order valence-corrected chi connectivity index (χ0v) is 14.4. The summed E-state index contributed by atoms with van der Waals surface area (Å²) in [6.07, 6.45) is -4.05. The average molecular weight is 378 g/mol. The van der Waals surface area contributed by atoms with Gasteiger partial charge in [-0.1, -0.05) is 29.8 Å². The van der Waals surface area contributed by atoms with Crippen LogP contribution in [0.3, 0.4) is 0 Å². The zero-order chi connectivity index (χ0) is 19.3. The van der Waals surface area contributed by atoms with Gasteiger partial charge in [0.15, 0.2) is 0 Å². The van der Waals surface area contributed by atoms with Crippen molar-refractivity contribution in [3.63, 3.8) is 0 Å². The van der Waals surface area contributed by atoms with E-state index in [0.29, 0.717) is 0 Å². The molecule has 6 nitrogen and oxygen atoms in total. The molecule has 2 heterocycles. The molecule has 27 heavy (non-hydrogen) atoms. The minimum absolute atomic E-state index is 0.0282. The lowest BCUT2D eigenvalue weighted by Crippen LogP contribution is -2.24. The Balaban J connectivity index is 1.95. The van der Waals surface area contributed by atoms with Gasteiger partial charge in [0, 0.05) is 0 Å². The van der Waals surface area contributed by atoms with Gasteiger partial charge in [0.2, 0.25) is 0 Å². The molecule has 2 N–H and O–H groups in total. The van der Waals surface area contributed by atoms with Gasteiger partial charge in [0.05, 0.1) is 18.2 Å². The van der Waals surface area contributed by atoms with Crippen LogP contribution in [0.2, 0.25) is 0 Å². The molecule has 4 rings (SSSR count). The first-order valence-corrected chi connectivity index (χ1v) is 8.60. The minimum Gasteiger partial charge on any atom is -0.292 e. The van der Waals surface area contributed by atoms with E-state index < -0.39 is 23.8 Å². The van der Waals surface area contributed by atoms with E-state index in [1.165, 1.54) is 4.68 Å². The normalized spacial score (nSPS) is 16.0. The molecular weight excluding hydrogens is 361 g/mol. The van der Waals surface area contributed by atoms with Crippen molar-refractivity contribution in [3.05, 3.63) is 61.9 Å². The lowest BCUT2D eigenvalue weighted by Gasteiger charge is -2.18. The van der Waals surface area contributed by atoms with Gasteiger partial charge in [-0.3, -0.25) is 14.8 Å². The second-order valence-corrected chi connectivity index (χ2v) is 7.01. The first-order chi connectivity index (χ1) is 12.7. The van der Waals surface area contributed by atoms with E-state index in [4.69, 9.17) is 0 Å². The van der Waals surface area contributed by atoms with Gasteiger partial charge >= 0.3 is 11.9 Å². The molecule has 0 amide bonds. The van der Waals surface area contributed by atoms with Gasteiger partial charge in [0.1, 0.15) is 11.0 Å². The Bertz CT molecular complexity index is 1100. The summed E-state index contributed by atoms with van der Waals surface area (Å²) in [6, 6.07) is 7.30. The van der Waals surface area contributed by atoms with Crippen LogP contribution in [-0.2, 0) is 6.42 Å². The smallest absolute Gasteiger partial charge is 0.292 e. The average Bonchev–Trinajstić information content (AvgIpc) is 3.32. The first kappa shape index (κ1) is 17.6. The van der Waals surface area contributed by atoms with Crippen LogP contribution in [0.5, 0.6) is 0 Å². The molecule has 142 valence electrons. The first-order valence-electron chi connectivity index (χ1n) is 8.60. The number of aromatic amines is 2. The number of alkyl halides is 3. The molecule has 1 saturated carbocycles. The molecule has 1 fully saturated rings. The number of aromatic nitrogens is 4. The van der Waals surface area contributed by atoms with Crippen molar-refractivity contribution >= 4 is 11.0 Å². The Kier molecular flexibility index (Phi) is 3.97. The lowest BCUT2D eigenvalue weighted by molar-refractivity contribution is -0.127. The molecule has 1 aliphatic carbocycles. The highest BCUT2D eigenvalue weighted by molar-refractivity contribution is 5.77. The summed E-state index contributed by atoms with van der Waals surface area (Å²) in [7, 11) is 0. The van der Waals surface area contributed by atoms with E-state index in [2.05, 4.69) is 10.1 Å². The molecule has 0 spiro atoms. The number of nitrogens with zero attached hydrogens (tertiary/aromatic N) is 2. The lowest BCUT2D eigenvalue weighted by atomic mass is 10.0. The van der Waals surface area contributed by atoms with E-state index in [9.17, 15) is 22.8 Å². The van der Waals surface area contributed by atoms with Crippen LogP contribution in [0, 0.1) is 12.8 Å². The fourth-order valence-corrected chi connectivity index (χ4v) is 3.45. The van der Waals surface area contributed by atoms with E-state index in [0.717, 1.165) is 24.0 Å². The maximum absolute atomic E-state index is 13.0. The number of benzene rings is 1. The molecule has 1 aliphatic rings. The zero-order valence-electron chi connectivity index (χ0n) is 14.4. The summed E-state index contributed by atoms with van der Waals surface area (Å²) >= 11 is 0. The van der Waals surface area contributed by atoms with Crippen molar-refractivity contribution in [2.75, 3.05) is 0 Å². The van der Waals surface area contributed by atoms with Gasteiger partial charge in [-0.05, 0) is 31.2 Å². The van der Waals surface area contributed by atoms with E-state index in [-0.39, 0.29) is 28.7 Å². The van der Waals surface area contributed by atoms with Crippen LogP contribution in [-0.4, -0.2) is 25.9 Å². The van der Waals surface area contributed by atoms with Crippen molar-refractivity contribution in [1.82, 2.24) is 19.7 Å². The van der Waals surface area contributed by atoms with Gasteiger partial charge in [-0.25, -0.2) is 9.48 Å². The Morgan fingerprint density at radius 1 is 1.19 bits per heavy atom. The SMILES string of the molecule is Cc1ccc([C@H](C2CC2)n2nc(CC(F)(F)F)c3c(=O)[nH]c(=O)[nH]c32)cc1. The van der Waals surface area contributed by atoms with Gasteiger partial charge in [-0.15, -0.1) is 0 Å². The number of rotatable bonds is 4. The van der Waals surface area contributed by atoms with Crippen LogP contribution in [0.25, 0.3) is 11.0 Å². The Morgan fingerprint density at radius 3 is 2.44 bits per heavy atom. The van der Waals surface area contributed by atoms with Crippen LogP contribution in [0.4, 0.5) is 13.2 Å². The standard InChI is InChI=1S/C18H17F3N4O2/c1-9-2-4-10(5-3-9)14(11-6-7-11)25-15-13(16(26)23-17(27)22-15)12(24-25)8-18(19,20)21/h2-5,11,14H,6-8H2,1H3,(H2,22,23,26,27)/t14-/m1/s1. The van der Waals surface area contributed by atoms with Crippen molar-refractivity contribution < 1.29 is 13.2 Å². The molecule has 0 aliphatic heterocycles. The Hall–Kier alpha value is -2.84. The monoisotopic (exact) mass is 378 g/mol. The summed E-state index contributed by atoms with van der Waals surface area (Å²) in [5.41, 5.74) is -0.0509. The Morgan fingerprint density at radius 2 is 1.85 bits per heavy atom. The summed E-state index contributed by atoms with van der Waals surface area (Å²) in [5, 5.41) is 3.93. The van der Waals surface area contributed by atoms with E-state index >= 15 is 0 Å². The molecule has 0 radical (unpaired) electrons. The summed E-state index contributed by atoms with van der Waals surface area (Å²) in [5.74, 6) is 0.192. The number of hydrogen-bond acceptors (Lipinski definition) is 3. The topological polar surface area (TPSA) is 83.5 Å². The van der Waals surface area contributed by atoms with Crippen molar-refractivity contribution in [1.29, 1.82) is 0 Å². The van der Waals surface area contributed by atoms with Crippen molar-refractivity contribution in [3.8, 4) is 0 Å². The maximum Gasteiger partial charge on any atom is 0.394 e. The third-order valence-electron chi connectivity index (χ3n) is 4.79. The quantitative estimate of drug-likeness (QED) is 0.732. The van der Waals surface area contributed by atoms with Crippen LogP contribution in [0.1, 0.15) is 35.7 Å². The number of fused-ring (bicyclic) bond motifs is 1. The molecule has 0 unspecified atom stereocenters. The number of H-pyrrole nitrogens is 2. The highest BCUT2D eigenvalue weighted by atomic mass is 19.4. The molecule has 1 aromatic carbocycles. The molecule has 9 heteroatoms. The molecule has 2 aromatic heterocycles. The molecular formula is C18H17F3N4O2. The van der Waals surface area contributed by atoms with E-state index in [1.807, 2.05) is 36.2 Å². The fourth-order valence-electron chi connectivity index (χ4n) is 3.45. The number of hydrogen-bond donors (Lipinski definition) is 2. The van der Waals surface area contributed by atoms with Crippen molar-refractivity contribution in [2.24, 2.45) is 5.92 Å². The second-order valence-electron chi connectivity index (χ2n) is 7.01. The van der Waals surface area contributed by atoms with Crippen LogP contribution in [0.15, 0.2) is 33.9 Å². The molecule has 1 atom stereocenters. The van der Waals surface area contributed by atoms with Gasteiger partial charge in [-0.2, -0.15) is 18.3 Å². The predicted molar refractivity (Wildman–Crippen MR) is 92.8 cm³/mol. The number of nitrogens with one attached hydrogen (secondary N) is 2. The predicted octanol–water partition coefficient (Wildman–Crippen LogP) is 2.83. The number of halogens is 3. The van der Waals surface area contributed by atoms with Gasteiger partial charge < -0.3 is 0 Å². The Labute approximate surface area is 151 Å². The van der Waals surface area contributed by atoms with Crippen LogP contribution < -0.4 is 11.2 Å². The molecule has 0 saturated heterocycles. The minimum atomic E-state index is -4.52. The fraction of sp³-hybridized carbons (Fsp3) is 0.389. The summed E-state index contributed by atoms with van der Waals surface area (Å²) < 4.78 is 40.4. The highest BCUT2D eigenvalue weighted by Crippen LogP contribution is 2.44. The van der Waals surface area contributed by atoms with Crippen molar-refractivity contribution in [2.45, 2.75) is 38.4 Å². The van der Waals surface area contributed by atoms with Gasteiger partial charge in [0.25, 0.3) is 5.56 Å². The summed E-state index contributed by atoms with van der Waals surface area (Å²) in [4.78, 5) is 28.4. The number of aryl methyl sites for hydroxylation is 1. The third kappa shape index (κ3) is 3.41.